The van der Waals surface area contributed by atoms with Crippen molar-refractivity contribution in [2.24, 2.45) is 0 Å². The molecule has 2 atom stereocenters. The lowest BCUT2D eigenvalue weighted by Gasteiger charge is -2.32. The summed E-state index contributed by atoms with van der Waals surface area (Å²) in [6.07, 6.45) is 2.82. The number of rotatable bonds is 5. The first kappa shape index (κ1) is 16.4. The van der Waals surface area contributed by atoms with Crippen molar-refractivity contribution in [3.05, 3.63) is 64.3 Å². The third-order valence-electron chi connectivity index (χ3n) is 3.83. The van der Waals surface area contributed by atoms with Gasteiger partial charge < -0.3 is 19.8 Å². The van der Waals surface area contributed by atoms with Crippen molar-refractivity contribution in [2.45, 2.75) is 25.2 Å². The van der Waals surface area contributed by atoms with E-state index < -0.39 is 0 Å². The molecule has 0 spiro atoms. The number of H-pyrrole nitrogens is 1. The normalized spacial score (nSPS) is 20.5. The van der Waals surface area contributed by atoms with Crippen molar-refractivity contribution in [3.8, 4) is 0 Å². The molecule has 1 amide bonds. The molecule has 126 valence electrons. The van der Waals surface area contributed by atoms with E-state index in [4.69, 9.17) is 9.47 Å². The number of benzene rings is 1. The van der Waals surface area contributed by atoms with E-state index in [2.05, 4.69) is 15.3 Å². The quantitative estimate of drug-likeness (QED) is 0.849. The summed E-state index contributed by atoms with van der Waals surface area (Å²) in [5.74, 6) is -0.341. The lowest BCUT2D eigenvalue weighted by atomic mass is 10.1. The molecule has 7 heteroatoms. The first-order chi connectivity index (χ1) is 11.7. The molecule has 24 heavy (non-hydrogen) atoms. The minimum absolute atomic E-state index is 0.163. The first-order valence-corrected chi connectivity index (χ1v) is 7.81. The van der Waals surface area contributed by atoms with Gasteiger partial charge in [0.05, 0.1) is 25.5 Å². The van der Waals surface area contributed by atoms with Crippen LogP contribution in [0.1, 0.15) is 22.5 Å². The molecule has 2 N–H and O–H groups in total. The van der Waals surface area contributed by atoms with E-state index in [9.17, 15) is 9.59 Å². The van der Waals surface area contributed by atoms with Gasteiger partial charge in [0, 0.05) is 12.8 Å². The van der Waals surface area contributed by atoms with Crippen molar-refractivity contribution >= 4 is 5.91 Å². The van der Waals surface area contributed by atoms with E-state index in [0.717, 1.165) is 11.8 Å². The van der Waals surface area contributed by atoms with Gasteiger partial charge in [0.25, 0.3) is 11.5 Å². The number of nitrogens with zero attached hydrogens (tertiary/aromatic N) is 1. The molecule has 0 bridgehead atoms. The van der Waals surface area contributed by atoms with E-state index in [0.29, 0.717) is 26.2 Å². The number of carbonyl (C=O) groups is 1. The lowest BCUT2D eigenvalue weighted by Crippen LogP contribution is -2.50. The number of aromatic nitrogens is 2. The van der Waals surface area contributed by atoms with Crippen LogP contribution in [0, 0.1) is 0 Å². The van der Waals surface area contributed by atoms with Crippen molar-refractivity contribution in [3.63, 3.8) is 0 Å². The number of aromatic amines is 1. The molecular formula is C17H19N3O4. The molecule has 2 aromatic rings. The van der Waals surface area contributed by atoms with Gasteiger partial charge in [0.2, 0.25) is 0 Å². The highest BCUT2D eigenvalue weighted by atomic mass is 16.5. The fraction of sp³-hybridized carbons (Fsp3) is 0.353. The second kappa shape index (κ2) is 7.85. The van der Waals surface area contributed by atoms with Gasteiger partial charge in [-0.2, -0.15) is 0 Å². The second-order valence-corrected chi connectivity index (χ2v) is 5.57. The Kier molecular flexibility index (Phi) is 5.35. The van der Waals surface area contributed by atoms with Crippen LogP contribution in [0.5, 0.6) is 0 Å². The Hall–Kier alpha value is -2.51. The van der Waals surface area contributed by atoms with Gasteiger partial charge in [-0.15, -0.1) is 0 Å². The van der Waals surface area contributed by atoms with Crippen LogP contribution in [-0.2, 0) is 16.1 Å². The SMILES string of the molecule is O=C(N[C@@H]1CCOC[C@H]1OCc1ccccc1)c1c[nH]c(=O)cn1. The predicted molar refractivity (Wildman–Crippen MR) is 86.6 cm³/mol. The monoisotopic (exact) mass is 329 g/mol. The number of hydrogen-bond donors (Lipinski definition) is 2. The summed E-state index contributed by atoms with van der Waals surface area (Å²) in [6.45, 7) is 1.45. The minimum atomic E-state index is -0.346. The van der Waals surface area contributed by atoms with Crippen LogP contribution in [0.3, 0.4) is 0 Å². The fourth-order valence-corrected chi connectivity index (χ4v) is 2.53. The molecule has 1 aromatic heterocycles. The van der Waals surface area contributed by atoms with Gasteiger partial charge in [-0.05, 0) is 12.0 Å². The summed E-state index contributed by atoms with van der Waals surface area (Å²) in [5.41, 5.74) is 0.889. The summed E-state index contributed by atoms with van der Waals surface area (Å²) >= 11 is 0. The number of nitrogens with one attached hydrogen (secondary N) is 2. The van der Waals surface area contributed by atoms with Gasteiger partial charge in [-0.1, -0.05) is 30.3 Å². The molecule has 0 saturated carbocycles. The van der Waals surface area contributed by atoms with Gasteiger partial charge in [0.1, 0.15) is 11.8 Å². The summed E-state index contributed by atoms with van der Waals surface area (Å²) in [5, 5.41) is 2.91. The zero-order chi connectivity index (χ0) is 16.8. The maximum absolute atomic E-state index is 12.3. The highest BCUT2D eigenvalue weighted by Gasteiger charge is 2.28. The Labute approximate surface area is 139 Å². The Balaban J connectivity index is 1.60. The summed E-state index contributed by atoms with van der Waals surface area (Å²) in [7, 11) is 0. The Morgan fingerprint density at radius 2 is 2.21 bits per heavy atom. The zero-order valence-corrected chi connectivity index (χ0v) is 13.1. The van der Waals surface area contributed by atoms with Crippen molar-refractivity contribution in [2.75, 3.05) is 13.2 Å². The van der Waals surface area contributed by atoms with E-state index >= 15 is 0 Å². The minimum Gasteiger partial charge on any atom is -0.379 e. The number of amides is 1. The number of hydrogen-bond acceptors (Lipinski definition) is 5. The Morgan fingerprint density at radius 1 is 1.38 bits per heavy atom. The van der Waals surface area contributed by atoms with Crippen LogP contribution in [0.2, 0.25) is 0 Å². The highest BCUT2D eigenvalue weighted by molar-refractivity contribution is 5.92. The van der Waals surface area contributed by atoms with E-state index in [1.807, 2.05) is 30.3 Å². The van der Waals surface area contributed by atoms with Crippen LogP contribution in [0.4, 0.5) is 0 Å². The summed E-state index contributed by atoms with van der Waals surface area (Å²) in [4.78, 5) is 29.5. The van der Waals surface area contributed by atoms with Crippen LogP contribution in [0.25, 0.3) is 0 Å². The third-order valence-corrected chi connectivity index (χ3v) is 3.83. The van der Waals surface area contributed by atoms with Crippen LogP contribution in [-0.4, -0.2) is 41.2 Å². The third kappa shape index (κ3) is 4.27. The number of carbonyl (C=O) groups excluding carboxylic acids is 1. The molecule has 1 fully saturated rings. The maximum Gasteiger partial charge on any atom is 0.271 e. The first-order valence-electron chi connectivity index (χ1n) is 7.81. The van der Waals surface area contributed by atoms with Crippen LogP contribution < -0.4 is 10.9 Å². The van der Waals surface area contributed by atoms with Crippen molar-refractivity contribution in [1.82, 2.24) is 15.3 Å². The number of ether oxygens (including phenoxy) is 2. The van der Waals surface area contributed by atoms with Gasteiger partial charge >= 0.3 is 0 Å². The fourth-order valence-electron chi connectivity index (χ4n) is 2.53. The standard InChI is InChI=1S/C17H19N3O4/c21-16-9-18-14(8-19-16)17(22)20-13-6-7-23-11-15(13)24-10-12-4-2-1-3-5-12/h1-5,8-9,13,15H,6-7,10-11H2,(H,19,21)(H,20,22)/t13-,15-/m1/s1. The molecule has 0 unspecified atom stereocenters. The van der Waals surface area contributed by atoms with Crippen molar-refractivity contribution < 1.29 is 14.3 Å². The maximum atomic E-state index is 12.3. The second-order valence-electron chi connectivity index (χ2n) is 5.57. The Bertz CT molecular complexity index is 712. The summed E-state index contributed by atoms with van der Waals surface area (Å²) < 4.78 is 11.4. The molecular weight excluding hydrogens is 310 g/mol. The molecule has 2 heterocycles. The van der Waals surface area contributed by atoms with Crippen molar-refractivity contribution in [1.29, 1.82) is 0 Å². The van der Waals surface area contributed by atoms with E-state index in [-0.39, 0.29) is 29.3 Å². The predicted octanol–water partition coefficient (Wildman–Crippen LogP) is 0.874. The molecule has 0 radical (unpaired) electrons. The highest BCUT2D eigenvalue weighted by Crippen LogP contribution is 2.14. The molecule has 3 rings (SSSR count). The summed E-state index contributed by atoms with van der Waals surface area (Å²) in [6, 6.07) is 9.67. The van der Waals surface area contributed by atoms with E-state index in [1.165, 1.54) is 6.20 Å². The van der Waals surface area contributed by atoms with E-state index in [1.54, 1.807) is 0 Å². The average Bonchev–Trinajstić information content (AvgIpc) is 2.62. The smallest absolute Gasteiger partial charge is 0.271 e. The average molecular weight is 329 g/mol. The lowest BCUT2D eigenvalue weighted by molar-refractivity contribution is -0.0736. The largest absolute Gasteiger partial charge is 0.379 e. The molecule has 1 saturated heterocycles. The van der Waals surface area contributed by atoms with Crippen LogP contribution in [0.15, 0.2) is 47.5 Å². The molecule has 7 nitrogen and oxygen atoms in total. The zero-order valence-electron chi connectivity index (χ0n) is 13.1. The molecule has 1 aliphatic rings. The Morgan fingerprint density at radius 3 is 2.96 bits per heavy atom. The molecule has 1 aliphatic heterocycles. The van der Waals surface area contributed by atoms with Gasteiger partial charge in [0.15, 0.2) is 0 Å². The molecule has 0 aliphatic carbocycles. The van der Waals surface area contributed by atoms with Gasteiger partial charge in [-0.25, -0.2) is 4.98 Å². The topological polar surface area (TPSA) is 93.3 Å². The van der Waals surface area contributed by atoms with Gasteiger partial charge in [-0.3, -0.25) is 9.59 Å². The van der Waals surface area contributed by atoms with Crippen LogP contribution >= 0.6 is 0 Å². The molecule has 1 aromatic carbocycles.